The molecule has 1 aliphatic heterocycles. The summed E-state index contributed by atoms with van der Waals surface area (Å²) in [5, 5.41) is 13.2. The summed E-state index contributed by atoms with van der Waals surface area (Å²) in [6.45, 7) is 16.2. The van der Waals surface area contributed by atoms with Gasteiger partial charge in [0.05, 0.1) is 12.7 Å². The number of hydrogen-bond acceptors (Lipinski definition) is 7. The molecule has 1 fully saturated rings. The molecule has 0 bridgehead atoms. The van der Waals surface area contributed by atoms with Crippen molar-refractivity contribution < 1.29 is 23.9 Å². The molecule has 0 saturated carbocycles. The normalized spacial score (nSPS) is 20.2. The summed E-state index contributed by atoms with van der Waals surface area (Å²) < 4.78 is 12.1. The Hall–Kier alpha value is -2.04. The van der Waals surface area contributed by atoms with Crippen LogP contribution in [-0.4, -0.2) is 77.2 Å². The molecule has 1 aromatic rings. The Labute approximate surface area is 204 Å². The highest BCUT2D eigenvalue weighted by Crippen LogP contribution is 2.37. The lowest BCUT2D eigenvalue weighted by Gasteiger charge is -2.40. The first-order valence-electron chi connectivity index (χ1n) is 11.9. The van der Waals surface area contributed by atoms with Crippen LogP contribution in [0.3, 0.4) is 0 Å². The van der Waals surface area contributed by atoms with E-state index in [0.29, 0.717) is 31.6 Å². The van der Waals surface area contributed by atoms with Gasteiger partial charge in [0, 0.05) is 31.9 Å². The van der Waals surface area contributed by atoms with Crippen LogP contribution < -0.4 is 5.32 Å². The topological polar surface area (TPSA) is 114 Å². The van der Waals surface area contributed by atoms with E-state index in [4.69, 9.17) is 9.16 Å². The minimum atomic E-state index is -2.15. The van der Waals surface area contributed by atoms with Crippen LogP contribution in [0.15, 0.2) is 18.5 Å². The molecule has 0 spiro atoms. The van der Waals surface area contributed by atoms with Gasteiger partial charge in [0.15, 0.2) is 8.32 Å². The van der Waals surface area contributed by atoms with Crippen molar-refractivity contribution in [3.05, 3.63) is 24.3 Å². The standard InChI is InChI=1S/C24H42N4O5Si/c1-22(2,3)32-21(31)28-14-9-11-24(28,17-29)20(30)27-16-18(15-19-25-12-10-13-26-19)33-34(7,8)23(4,5)6/h10,12-13,18,29H,9,11,14-17H2,1-8H3,(H,27,30). The van der Waals surface area contributed by atoms with Crippen molar-refractivity contribution in [3.8, 4) is 0 Å². The lowest BCUT2D eigenvalue weighted by molar-refractivity contribution is -0.134. The number of hydrogen-bond donors (Lipinski definition) is 2. The quantitative estimate of drug-likeness (QED) is 0.533. The van der Waals surface area contributed by atoms with Crippen LogP contribution in [0.2, 0.25) is 18.1 Å². The summed E-state index contributed by atoms with van der Waals surface area (Å²) in [6, 6.07) is 1.76. The van der Waals surface area contributed by atoms with E-state index in [2.05, 4.69) is 49.1 Å². The monoisotopic (exact) mass is 494 g/mol. The molecular formula is C24H42N4O5Si. The summed E-state index contributed by atoms with van der Waals surface area (Å²) >= 11 is 0. The van der Waals surface area contributed by atoms with Gasteiger partial charge in [-0.15, -0.1) is 0 Å². The van der Waals surface area contributed by atoms with Crippen LogP contribution >= 0.6 is 0 Å². The van der Waals surface area contributed by atoms with E-state index in [-0.39, 0.29) is 17.7 Å². The van der Waals surface area contributed by atoms with E-state index in [9.17, 15) is 14.7 Å². The highest BCUT2D eigenvalue weighted by Gasteiger charge is 2.51. The van der Waals surface area contributed by atoms with Crippen molar-refractivity contribution in [2.24, 2.45) is 0 Å². The number of likely N-dealkylation sites (tertiary alicyclic amines) is 1. The third kappa shape index (κ3) is 6.99. The minimum absolute atomic E-state index is 0.0158. The maximum atomic E-state index is 13.4. The zero-order chi connectivity index (χ0) is 25.8. The number of carbonyl (C=O) groups excluding carboxylic acids is 2. The third-order valence-electron chi connectivity index (χ3n) is 6.57. The second-order valence-electron chi connectivity index (χ2n) is 11.5. The SMILES string of the molecule is CC(C)(C)OC(=O)N1CCCC1(CO)C(=O)NCC(Cc1ncccn1)O[Si](C)(C)C(C)(C)C. The maximum absolute atomic E-state index is 13.4. The van der Waals surface area contributed by atoms with Crippen LogP contribution in [0.5, 0.6) is 0 Å². The molecule has 2 heterocycles. The molecule has 34 heavy (non-hydrogen) atoms. The Bertz CT molecular complexity index is 838. The van der Waals surface area contributed by atoms with Gasteiger partial charge in [-0.05, 0) is 57.8 Å². The molecular weight excluding hydrogens is 452 g/mol. The van der Waals surface area contributed by atoms with Crippen molar-refractivity contribution >= 4 is 20.3 Å². The summed E-state index contributed by atoms with van der Waals surface area (Å²) in [5.41, 5.74) is -2.05. The van der Waals surface area contributed by atoms with E-state index in [1.165, 1.54) is 4.90 Å². The molecule has 2 N–H and O–H groups in total. The molecule has 9 nitrogen and oxygen atoms in total. The molecule has 1 aromatic heterocycles. The van der Waals surface area contributed by atoms with Crippen molar-refractivity contribution in [2.45, 2.75) is 96.2 Å². The highest BCUT2D eigenvalue weighted by molar-refractivity contribution is 6.74. The minimum Gasteiger partial charge on any atom is -0.444 e. The lowest BCUT2D eigenvalue weighted by Crippen LogP contribution is -2.61. The highest BCUT2D eigenvalue weighted by atomic mass is 28.4. The van der Waals surface area contributed by atoms with Gasteiger partial charge < -0.3 is 19.6 Å². The fraction of sp³-hybridized carbons (Fsp3) is 0.750. The Morgan fingerprint density at radius 2 is 1.82 bits per heavy atom. The van der Waals surface area contributed by atoms with Gasteiger partial charge >= 0.3 is 6.09 Å². The molecule has 10 heteroatoms. The van der Waals surface area contributed by atoms with Crippen LogP contribution in [0.1, 0.15) is 60.2 Å². The number of carbonyl (C=O) groups is 2. The zero-order valence-corrected chi connectivity index (χ0v) is 23.0. The van der Waals surface area contributed by atoms with E-state index < -0.39 is 38.1 Å². The molecule has 2 amide bonds. The molecule has 0 aromatic carbocycles. The predicted octanol–water partition coefficient (Wildman–Crippen LogP) is 3.29. The second kappa shape index (κ2) is 10.7. The molecule has 2 rings (SSSR count). The van der Waals surface area contributed by atoms with Crippen molar-refractivity contribution in [1.82, 2.24) is 20.2 Å². The summed E-state index contributed by atoms with van der Waals surface area (Å²) in [7, 11) is -2.15. The van der Waals surface area contributed by atoms with Gasteiger partial charge in [0.2, 0.25) is 5.91 Å². The third-order valence-corrected chi connectivity index (χ3v) is 11.1. The van der Waals surface area contributed by atoms with Crippen LogP contribution in [0.25, 0.3) is 0 Å². The number of ether oxygens (including phenoxy) is 1. The summed E-state index contributed by atoms with van der Waals surface area (Å²) in [5.74, 6) is 0.227. The van der Waals surface area contributed by atoms with Crippen LogP contribution in [0.4, 0.5) is 4.79 Å². The lowest BCUT2D eigenvalue weighted by atomic mass is 9.96. The fourth-order valence-corrected chi connectivity index (χ4v) is 5.05. The van der Waals surface area contributed by atoms with Gasteiger partial charge in [0.25, 0.3) is 0 Å². The van der Waals surface area contributed by atoms with Crippen LogP contribution in [-0.2, 0) is 20.4 Å². The van der Waals surface area contributed by atoms with E-state index in [1.807, 2.05) is 0 Å². The Morgan fingerprint density at radius 1 is 1.21 bits per heavy atom. The molecule has 2 unspecified atom stereocenters. The Morgan fingerprint density at radius 3 is 2.35 bits per heavy atom. The number of rotatable bonds is 8. The number of aliphatic hydroxyl groups excluding tert-OH is 1. The molecule has 0 radical (unpaired) electrons. The summed E-state index contributed by atoms with van der Waals surface area (Å²) in [4.78, 5) is 36.2. The van der Waals surface area contributed by atoms with E-state index >= 15 is 0 Å². The molecule has 2 atom stereocenters. The summed E-state index contributed by atoms with van der Waals surface area (Å²) in [6.07, 6.45) is 3.83. The van der Waals surface area contributed by atoms with Gasteiger partial charge in [-0.2, -0.15) is 0 Å². The first-order valence-corrected chi connectivity index (χ1v) is 14.9. The number of nitrogens with one attached hydrogen (secondary N) is 1. The number of aliphatic hydroxyl groups is 1. The first-order chi connectivity index (χ1) is 15.6. The van der Waals surface area contributed by atoms with Gasteiger partial charge in [-0.3, -0.25) is 9.69 Å². The zero-order valence-electron chi connectivity index (χ0n) is 22.0. The smallest absolute Gasteiger partial charge is 0.411 e. The van der Waals surface area contributed by atoms with E-state index in [1.54, 1.807) is 39.2 Å². The van der Waals surface area contributed by atoms with Crippen molar-refractivity contribution in [2.75, 3.05) is 19.7 Å². The first kappa shape index (κ1) is 28.2. The number of nitrogens with zero attached hydrogens (tertiary/aromatic N) is 3. The Kier molecular flexibility index (Phi) is 8.87. The number of aromatic nitrogens is 2. The van der Waals surface area contributed by atoms with Gasteiger partial charge in [0.1, 0.15) is 17.0 Å². The molecule has 1 aliphatic rings. The Balaban J connectivity index is 2.19. The van der Waals surface area contributed by atoms with E-state index in [0.717, 1.165) is 0 Å². The molecule has 1 saturated heterocycles. The largest absolute Gasteiger partial charge is 0.444 e. The predicted molar refractivity (Wildman–Crippen MR) is 133 cm³/mol. The molecule has 0 aliphatic carbocycles. The van der Waals surface area contributed by atoms with Crippen molar-refractivity contribution in [1.29, 1.82) is 0 Å². The fourth-order valence-electron chi connectivity index (χ4n) is 3.69. The van der Waals surface area contributed by atoms with Gasteiger partial charge in [-0.25, -0.2) is 14.8 Å². The van der Waals surface area contributed by atoms with Crippen LogP contribution in [0, 0.1) is 0 Å². The maximum Gasteiger partial charge on any atom is 0.411 e. The van der Waals surface area contributed by atoms with Crippen molar-refractivity contribution in [3.63, 3.8) is 0 Å². The average molecular weight is 495 g/mol. The second-order valence-corrected chi connectivity index (χ2v) is 16.3. The molecule has 192 valence electrons. The average Bonchev–Trinajstić information content (AvgIpc) is 3.16. The number of amides is 2. The van der Waals surface area contributed by atoms with Gasteiger partial charge in [-0.1, -0.05) is 20.8 Å².